The number of hydrogen-bond donors (Lipinski definition) is 2. The molecule has 1 aromatic carbocycles. The Morgan fingerprint density at radius 2 is 2.04 bits per heavy atom. The van der Waals surface area contributed by atoms with Crippen molar-refractivity contribution in [1.82, 2.24) is 19.9 Å². The van der Waals surface area contributed by atoms with E-state index in [0.717, 1.165) is 21.3 Å². The van der Waals surface area contributed by atoms with Gasteiger partial charge in [-0.15, -0.1) is 0 Å². The summed E-state index contributed by atoms with van der Waals surface area (Å²) in [7, 11) is 0. The van der Waals surface area contributed by atoms with Crippen LogP contribution >= 0.6 is 28.1 Å². The lowest BCUT2D eigenvalue weighted by atomic mass is 10.2. The molecule has 0 bridgehead atoms. The van der Waals surface area contributed by atoms with Crippen molar-refractivity contribution in [3.8, 4) is 17.1 Å². The quantitative estimate of drug-likeness (QED) is 0.583. The van der Waals surface area contributed by atoms with Crippen LogP contribution in [0.1, 0.15) is 19.4 Å². The highest BCUT2D eigenvalue weighted by Gasteiger charge is 2.11. The van der Waals surface area contributed by atoms with Crippen molar-refractivity contribution in [2.45, 2.75) is 26.5 Å². The van der Waals surface area contributed by atoms with Crippen LogP contribution in [0.4, 0.5) is 0 Å². The highest BCUT2D eigenvalue weighted by atomic mass is 79.9. The van der Waals surface area contributed by atoms with E-state index in [1.54, 1.807) is 17.1 Å². The zero-order valence-corrected chi connectivity index (χ0v) is 16.3. The van der Waals surface area contributed by atoms with Gasteiger partial charge >= 0.3 is 0 Å². The summed E-state index contributed by atoms with van der Waals surface area (Å²) in [6, 6.07) is 9.72. The molecule has 2 N–H and O–H groups in total. The normalized spacial score (nSPS) is 10.9. The Labute approximate surface area is 159 Å². The predicted octanol–water partition coefficient (Wildman–Crippen LogP) is 4.30. The first-order chi connectivity index (χ1) is 12.0. The third kappa shape index (κ3) is 4.26. The van der Waals surface area contributed by atoms with Gasteiger partial charge in [0.15, 0.2) is 5.82 Å². The van der Waals surface area contributed by atoms with Gasteiger partial charge in [0.05, 0.1) is 12.6 Å². The van der Waals surface area contributed by atoms with Gasteiger partial charge in [0.1, 0.15) is 5.75 Å². The molecule has 2 heterocycles. The van der Waals surface area contributed by atoms with Gasteiger partial charge < -0.3 is 10.2 Å². The number of rotatable bonds is 6. The van der Waals surface area contributed by atoms with E-state index in [2.05, 4.69) is 36.5 Å². The fourth-order valence-electron chi connectivity index (χ4n) is 2.36. The van der Waals surface area contributed by atoms with Crippen LogP contribution in [-0.4, -0.2) is 26.0 Å². The molecular weight excluding hydrogens is 402 g/mol. The average molecular weight is 420 g/mol. The van der Waals surface area contributed by atoms with Gasteiger partial charge in [0.2, 0.25) is 4.77 Å². The van der Waals surface area contributed by atoms with Crippen LogP contribution in [0, 0.1) is 4.77 Å². The van der Waals surface area contributed by atoms with Crippen molar-refractivity contribution in [2.24, 2.45) is 0 Å². The highest BCUT2D eigenvalue weighted by Crippen LogP contribution is 2.25. The number of nitrogens with one attached hydrogen (secondary N) is 2. The molecule has 6 nitrogen and oxygen atoms in total. The third-order valence-corrected chi connectivity index (χ3v) is 4.19. The lowest BCUT2D eigenvalue weighted by Crippen LogP contribution is -2.17. The number of halogens is 1. The first-order valence-electron chi connectivity index (χ1n) is 7.81. The van der Waals surface area contributed by atoms with Gasteiger partial charge in [0, 0.05) is 28.0 Å². The van der Waals surface area contributed by atoms with Gasteiger partial charge in [-0.25, -0.2) is 9.77 Å². The van der Waals surface area contributed by atoms with E-state index in [1.807, 2.05) is 44.2 Å². The second kappa shape index (κ2) is 7.79. The van der Waals surface area contributed by atoms with Gasteiger partial charge in [-0.1, -0.05) is 15.9 Å². The minimum atomic E-state index is 0.100. The molecule has 0 amide bonds. The van der Waals surface area contributed by atoms with E-state index in [9.17, 15) is 0 Å². The van der Waals surface area contributed by atoms with Crippen LogP contribution in [0.5, 0.6) is 5.75 Å². The molecule has 25 heavy (non-hydrogen) atoms. The molecule has 3 aromatic rings. The summed E-state index contributed by atoms with van der Waals surface area (Å²) in [4.78, 5) is 4.03. The van der Waals surface area contributed by atoms with Crippen molar-refractivity contribution in [3.05, 3.63) is 57.5 Å². The number of H-pyrrole nitrogens is 1. The standard InChI is InChI=1S/C17H18BrN5OS/c1-11(2)24-15-4-3-14(18)9-13(15)10-20-23-16(21-22-17(23)25)12-5-7-19-8-6-12/h3-9,11,20H,10H2,1-2H3,(H,22,25). The van der Waals surface area contributed by atoms with E-state index >= 15 is 0 Å². The summed E-state index contributed by atoms with van der Waals surface area (Å²) in [6.07, 6.45) is 3.55. The van der Waals surface area contributed by atoms with E-state index in [1.165, 1.54) is 0 Å². The van der Waals surface area contributed by atoms with Crippen LogP contribution in [-0.2, 0) is 6.54 Å². The van der Waals surface area contributed by atoms with E-state index in [4.69, 9.17) is 17.0 Å². The SMILES string of the molecule is CC(C)Oc1ccc(Br)cc1CNn1c(-c2ccncc2)n[nH]c1=S. The molecule has 0 aliphatic heterocycles. The number of aromatic amines is 1. The second-order valence-corrected chi connectivity index (χ2v) is 6.98. The molecule has 0 radical (unpaired) electrons. The summed E-state index contributed by atoms with van der Waals surface area (Å²) in [5, 5.41) is 7.12. The molecule has 130 valence electrons. The van der Waals surface area contributed by atoms with Crippen molar-refractivity contribution in [2.75, 3.05) is 5.43 Å². The smallest absolute Gasteiger partial charge is 0.214 e. The minimum absolute atomic E-state index is 0.100. The molecular formula is C17H18BrN5OS. The molecule has 0 saturated carbocycles. The first-order valence-corrected chi connectivity index (χ1v) is 9.01. The third-order valence-electron chi connectivity index (χ3n) is 3.42. The molecule has 0 aliphatic rings. The zero-order chi connectivity index (χ0) is 17.8. The molecule has 8 heteroatoms. The minimum Gasteiger partial charge on any atom is -0.491 e. The lowest BCUT2D eigenvalue weighted by Gasteiger charge is -2.16. The zero-order valence-electron chi connectivity index (χ0n) is 13.9. The van der Waals surface area contributed by atoms with Crippen molar-refractivity contribution < 1.29 is 4.74 Å². The Bertz CT molecular complexity index is 907. The molecule has 2 aromatic heterocycles. The van der Waals surface area contributed by atoms with Gasteiger partial charge in [0.25, 0.3) is 0 Å². The molecule has 0 unspecified atom stereocenters. The van der Waals surface area contributed by atoms with Crippen LogP contribution in [0.25, 0.3) is 11.4 Å². The Morgan fingerprint density at radius 1 is 1.28 bits per heavy atom. The Hall–Kier alpha value is -2.19. The molecule has 0 fully saturated rings. The van der Waals surface area contributed by atoms with Crippen LogP contribution < -0.4 is 10.2 Å². The number of nitrogens with zero attached hydrogens (tertiary/aromatic N) is 3. The Morgan fingerprint density at radius 3 is 2.76 bits per heavy atom. The maximum atomic E-state index is 5.89. The summed E-state index contributed by atoms with van der Waals surface area (Å²) in [5.41, 5.74) is 5.25. The summed E-state index contributed by atoms with van der Waals surface area (Å²) < 4.78 is 9.13. The molecule has 0 spiro atoms. The van der Waals surface area contributed by atoms with Crippen LogP contribution in [0.3, 0.4) is 0 Å². The number of hydrogen-bond acceptors (Lipinski definition) is 5. The van der Waals surface area contributed by atoms with E-state index in [0.29, 0.717) is 17.1 Å². The predicted molar refractivity (Wildman–Crippen MR) is 104 cm³/mol. The van der Waals surface area contributed by atoms with Gasteiger partial charge in [-0.05, 0) is 56.4 Å². The molecule has 0 atom stereocenters. The van der Waals surface area contributed by atoms with Crippen molar-refractivity contribution >= 4 is 28.1 Å². The lowest BCUT2D eigenvalue weighted by molar-refractivity contribution is 0.240. The van der Waals surface area contributed by atoms with Crippen molar-refractivity contribution in [1.29, 1.82) is 0 Å². The van der Waals surface area contributed by atoms with Crippen LogP contribution in [0.2, 0.25) is 0 Å². The fraction of sp³-hybridized carbons (Fsp3) is 0.235. The average Bonchev–Trinajstić information content (AvgIpc) is 2.96. The van der Waals surface area contributed by atoms with E-state index in [-0.39, 0.29) is 6.10 Å². The topological polar surface area (TPSA) is 67.8 Å². The number of ether oxygens (including phenoxy) is 1. The Kier molecular flexibility index (Phi) is 5.50. The maximum absolute atomic E-state index is 5.89. The molecule has 0 aliphatic carbocycles. The summed E-state index contributed by atoms with van der Waals surface area (Å²) in [6.45, 7) is 4.55. The summed E-state index contributed by atoms with van der Waals surface area (Å²) in [5.74, 6) is 1.54. The number of pyridine rings is 1. The Balaban J connectivity index is 1.87. The molecule has 3 rings (SSSR count). The van der Waals surface area contributed by atoms with Gasteiger partial charge in [-0.2, -0.15) is 5.10 Å². The summed E-state index contributed by atoms with van der Waals surface area (Å²) >= 11 is 8.85. The highest BCUT2D eigenvalue weighted by molar-refractivity contribution is 9.10. The van der Waals surface area contributed by atoms with E-state index < -0.39 is 0 Å². The largest absolute Gasteiger partial charge is 0.491 e. The van der Waals surface area contributed by atoms with Crippen molar-refractivity contribution in [3.63, 3.8) is 0 Å². The number of benzene rings is 1. The number of aromatic nitrogens is 4. The second-order valence-electron chi connectivity index (χ2n) is 5.68. The van der Waals surface area contributed by atoms with Gasteiger partial charge in [-0.3, -0.25) is 4.98 Å². The monoisotopic (exact) mass is 419 g/mol. The first kappa shape index (κ1) is 17.6. The maximum Gasteiger partial charge on any atom is 0.214 e. The molecule has 0 saturated heterocycles. The fourth-order valence-corrected chi connectivity index (χ4v) is 2.96. The van der Waals surface area contributed by atoms with Crippen LogP contribution in [0.15, 0.2) is 47.2 Å².